The van der Waals surface area contributed by atoms with Crippen molar-refractivity contribution in [1.29, 1.82) is 0 Å². The fourth-order valence-electron chi connectivity index (χ4n) is 3.69. The minimum atomic E-state index is -1.47. The molecular weight excluding hydrogens is 415 g/mol. The van der Waals surface area contributed by atoms with E-state index >= 15 is 0 Å². The quantitative estimate of drug-likeness (QED) is 0.147. The van der Waals surface area contributed by atoms with E-state index in [-0.39, 0.29) is 47.1 Å². The number of hydrogen-bond acceptors (Lipinski definition) is 5. The number of carboxylic acids is 1. The van der Waals surface area contributed by atoms with Gasteiger partial charge in [0.2, 0.25) is 0 Å². The molecule has 0 bridgehead atoms. The van der Waals surface area contributed by atoms with E-state index in [1.807, 2.05) is 0 Å². The fraction of sp³-hybridized carbons (Fsp3) is 0.654. The van der Waals surface area contributed by atoms with Gasteiger partial charge in [0, 0.05) is 12.0 Å². The molecule has 0 aromatic heterocycles. The molecule has 0 N–H and O–H groups in total. The minimum Gasteiger partial charge on any atom is -0.545 e. The van der Waals surface area contributed by atoms with Crippen LogP contribution in [0.3, 0.4) is 0 Å². The molecule has 0 amide bonds. The van der Waals surface area contributed by atoms with Gasteiger partial charge in [-0.2, -0.15) is 0 Å². The van der Waals surface area contributed by atoms with E-state index in [0.717, 1.165) is 12.8 Å². The summed E-state index contributed by atoms with van der Waals surface area (Å²) in [5.41, 5.74) is -0.431. The molecule has 0 heterocycles. The number of aromatic carboxylic acids is 1. The first-order valence-electron chi connectivity index (χ1n) is 12.1. The van der Waals surface area contributed by atoms with Crippen molar-refractivity contribution < 1.29 is 53.8 Å². The van der Waals surface area contributed by atoms with E-state index in [0.29, 0.717) is 6.42 Å². The Morgan fingerprint density at radius 1 is 0.688 bits per heavy atom. The van der Waals surface area contributed by atoms with Gasteiger partial charge < -0.3 is 14.6 Å². The van der Waals surface area contributed by atoms with Crippen molar-refractivity contribution in [1.82, 2.24) is 0 Å². The smallest absolute Gasteiger partial charge is 0.545 e. The summed E-state index contributed by atoms with van der Waals surface area (Å²) in [4.78, 5) is 34.9. The standard InChI is InChI=1S/C26H40O5.Na/c1-2-3-4-5-6-7-8-9-10-11-12-13-14-15-16-21-24(27)31-26(30)23-20-18-17-19-22(23)25(28)29;/h17-20H,2-16,21H2,1H3,(H,28,29);/q;+1/p-1. The SMILES string of the molecule is CCCCCCCCCCCCCCCCCC(=O)OC(=O)c1ccccc1C(=O)[O-].[Na+]. The van der Waals surface area contributed by atoms with Crippen molar-refractivity contribution in [2.45, 2.75) is 110 Å². The largest absolute Gasteiger partial charge is 1.00 e. The number of rotatable bonds is 18. The maximum atomic E-state index is 12.0. The molecule has 0 aliphatic heterocycles. The van der Waals surface area contributed by atoms with Crippen LogP contribution in [0.15, 0.2) is 24.3 Å². The molecule has 0 saturated carbocycles. The van der Waals surface area contributed by atoms with Gasteiger partial charge in [0.05, 0.1) is 11.5 Å². The number of carbonyl (C=O) groups is 3. The van der Waals surface area contributed by atoms with E-state index in [4.69, 9.17) is 4.74 Å². The van der Waals surface area contributed by atoms with E-state index in [1.165, 1.54) is 101 Å². The number of unbranched alkanes of at least 4 members (excludes halogenated alkanes) is 14. The molecule has 32 heavy (non-hydrogen) atoms. The fourth-order valence-corrected chi connectivity index (χ4v) is 3.69. The molecule has 1 aromatic carbocycles. The molecule has 0 radical (unpaired) electrons. The van der Waals surface area contributed by atoms with Gasteiger partial charge in [-0.05, 0) is 12.5 Å². The molecule has 0 aliphatic carbocycles. The normalized spacial score (nSPS) is 10.4. The summed E-state index contributed by atoms with van der Waals surface area (Å²) in [5, 5.41) is 11.0. The van der Waals surface area contributed by atoms with Crippen molar-refractivity contribution in [3.05, 3.63) is 35.4 Å². The monoisotopic (exact) mass is 454 g/mol. The average molecular weight is 455 g/mol. The molecule has 0 saturated heterocycles. The molecule has 0 aliphatic rings. The zero-order valence-corrected chi connectivity index (χ0v) is 22.2. The van der Waals surface area contributed by atoms with Gasteiger partial charge in [-0.15, -0.1) is 0 Å². The van der Waals surface area contributed by atoms with Crippen LogP contribution >= 0.6 is 0 Å². The second kappa shape index (κ2) is 20.4. The first-order valence-corrected chi connectivity index (χ1v) is 12.1. The molecule has 6 heteroatoms. The van der Waals surface area contributed by atoms with E-state index in [1.54, 1.807) is 0 Å². The van der Waals surface area contributed by atoms with Crippen molar-refractivity contribution in [2.24, 2.45) is 0 Å². The minimum absolute atomic E-state index is 0. The summed E-state index contributed by atoms with van der Waals surface area (Å²) in [6, 6.07) is 5.57. The first-order chi connectivity index (χ1) is 15.1. The van der Waals surface area contributed by atoms with Gasteiger partial charge in [-0.3, -0.25) is 4.79 Å². The molecule has 0 fully saturated rings. The number of carboxylic acid groups (broad SMARTS) is 1. The van der Waals surface area contributed by atoms with Crippen molar-refractivity contribution >= 4 is 17.9 Å². The van der Waals surface area contributed by atoms with E-state index in [9.17, 15) is 19.5 Å². The van der Waals surface area contributed by atoms with Crippen LogP contribution in [0.25, 0.3) is 0 Å². The Balaban J connectivity index is 0.00000961. The van der Waals surface area contributed by atoms with Crippen molar-refractivity contribution in [3.8, 4) is 0 Å². The van der Waals surface area contributed by atoms with Gasteiger partial charge >= 0.3 is 41.5 Å². The summed E-state index contributed by atoms with van der Waals surface area (Å²) in [7, 11) is 0. The molecule has 1 rings (SSSR count). The Bertz CT molecular complexity index is 659. The Morgan fingerprint density at radius 2 is 1.09 bits per heavy atom. The molecule has 0 atom stereocenters. The second-order valence-corrected chi connectivity index (χ2v) is 8.29. The molecular formula is C26H39NaO5. The number of hydrogen-bond donors (Lipinski definition) is 0. The van der Waals surface area contributed by atoms with Crippen LogP contribution in [0.1, 0.15) is 130 Å². The maximum absolute atomic E-state index is 12.0. The summed E-state index contributed by atoms with van der Waals surface area (Å²) in [6.45, 7) is 2.25. The van der Waals surface area contributed by atoms with Gasteiger partial charge in [0.1, 0.15) is 0 Å². The van der Waals surface area contributed by atoms with Crippen LogP contribution in [0.2, 0.25) is 0 Å². The Kier molecular flexibility index (Phi) is 19.7. The first kappa shape index (κ1) is 30.8. The number of ether oxygens (including phenoxy) is 1. The number of carbonyl (C=O) groups excluding carboxylic acids is 3. The van der Waals surface area contributed by atoms with Crippen LogP contribution in [-0.2, 0) is 9.53 Å². The van der Waals surface area contributed by atoms with Crippen LogP contribution in [0.4, 0.5) is 0 Å². The predicted molar refractivity (Wildman–Crippen MR) is 121 cm³/mol. The number of benzene rings is 1. The van der Waals surface area contributed by atoms with Gasteiger partial charge in [0.15, 0.2) is 0 Å². The number of esters is 2. The third kappa shape index (κ3) is 14.8. The maximum Gasteiger partial charge on any atom is 1.00 e. The Hall–Kier alpha value is -1.17. The van der Waals surface area contributed by atoms with Gasteiger partial charge in [-0.25, -0.2) is 4.79 Å². The van der Waals surface area contributed by atoms with E-state index in [2.05, 4.69) is 6.92 Å². The topological polar surface area (TPSA) is 83.5 Å². The van der Waals surface area contributed by atoms with Crippen LogP contribution in [-0.4, -0.2) is 17.9 Å². The zero-order chi connectivity index (χ0) is 22.7. The summed E-state index contributed by atoms with van der Waals surface area (Å²) in [5.74, 6) is -3.03. The Morgan fingerprint density at radius 3 is 1.53 bits per heavy atom. The summed E-state index contributed by atoms with van der Waals surface area (Å²) in [6.07, 6.45) is 18.8. The molecule has 0 spiro atoms. The second-order valence-electron chi connectivity index (χ2n) is 8.29. The third-order valence-corrected chi connectivity index (χ3v) is 5.56. The Labute approximate surface area is 216 Å². The molecule has 1 aromatic rings. The van der Waals surface area contributed by atoms with Crippen molar-refractivity contribution in [2.75, 3.05) is 0 Å². The van der Waals surface area contributed by atoms with E-state index < -0.39 is 17.9 Å². The zero-order valence-electron chi connectivity index (χ0n) is 20.2. The molecule has 0 unspecified atom stereocenters. The predicted octanol–water partition coefficient (Wildman–Crippen LogP) is 3.00. The summed E-state index contributed by atoms with van der Waals surface area (Å²) >= 11 is 0. The molecule has 5 nitrogen and oxygen atoms in total. The van der Waals surface area contributed by atoms with Crippen LogP contribution in [0.5, 0.6) is 0 Å². The third-order valence-electron chi connectivity index (χ3n) is 5.56. The van der Waals surface area contributed by atoms with Crippen LogP contribution in [0, 0.1) is 0 Å². The van der Waals surface area contributed by atoms with Crippen molar-refractivity contribution in [3.63, 3.8) is 0 Å². The van der Waals surface area contributed by atoms with Crippen LogP contribution < -0.4 is 34.7 Å². The molecule has 174 valence electrons. The summed E-state index contributed by atoms with van der Waals surface area (Å²) < 4.78 is 4.78. The van der Waals surface area contributed by atoms with Gasteiger partial charge in [-0.1, -0.05) is 115 Å². The average Bonchev–Trinajstić information content (AvgIpc) is 2.76. The van der Waals surface area contributed by atoms with Gasteiger partial charge in [0.25, 0.3) is 0 Å².